The van der Waals surface area contributed by atoms with E-state index in [4.69, 9.17) is 4.74 Å². The van der Waals surface area contributed by atoms with Gasteiger partial charge in [-0.15, -0.1) is 0 Å². The van der Waals surface area contributed by atoms with Gasteiger partial charge in [0.15, 0.2) is 0 Å². The van der Waals surface area contributed by atoms with Gasteiger partial charge in [-0.25, -0.2) is 0 Å². The summed E-state index contributed by atoms with van der Waals surface area (Å²) in [6, 6.07) is 4.87. The predicted octanol–water partition coefficient (Wildman–Crippen LogP) is 5.49. The fraction of sp³-hybridized carbons (Fsp3) is 0.640. The van der Waals surface area contributed by atoms with Crippen molar-refractivity contribution >= 4 is 17.7 Å². The summed E-state index contributed by atoms with van der Waals surface area (Å²) in [5.74, 6) is -0.196. The van der Waals surface area contributed by atoms with Gasteiger partial charge < -0.3 is 9.64 Å². The van der Waals surface area contributed by atoms with E-state index in [1.807, 2.05) is 11.8 Å². The SMILES string of the molecule is CCCOC(=O)CCCCCCN1C(=O)CCC1CCC(=O)Cc1cccc(C(F)(F)F)c1. The summed E-state index contributed by atoms with van der Waals surface area (Å²) in [6.07, 6.45) is 2.12. The number of carbonyl (C=O) groups is 3. The van der Waals surface area contributed by atoms with Gasteiger partial charge in [0, 0.05) is 38.3 Å². The highest BCUT2D eigenvalue weighted by atomic mass is 19.4. The second-order valence-electron chi connectivity index (χ2n) is 8.62. The van der Waals surface area contributed by atoms with Gasteiger partial charge in [-0.05, 0) is 43.7 Å². The van der Waals surface area contributed by atoms with E-state index in [1.54, 1.807) is 0 Å². The van der Waals surface area contributed by atoms with E-state index >= 15 is 0 Å². The van der Waals surface area contributed by atoms with Gasteiger partial charge in [0.1, 0.15) is 5.78 Å². The minimum atomic E-state index is -4.43. The highest BCUT2D eigenvalue weighted by Crippen LogP contribution is 2.30. The number of halogens is 3. The Labute approximate surface area is 193 Å². The molecule has 0 radical (unpaired) electrons. The highest BCUT2D eigenvalue weighted by molar-refractivity contribution is 5.81. The first-order valence-electron chi connectivity index (χ1n) is 11.8. The van der Waals surface area contributed by atoms with Crippen molar-refractivity contribution in [2.45, 2.75) is 89.8 Å². The lowest BCUT2D eigenvalue weighted by molar-refractivity contribution is -0.143. The normalized spacial score (nSPS) is 16.3. The zero-order chi connectivity index (χ0) is 24.3. The number of benzene rings is 1. The monoisotopic (exact) mass is 469 g/mol. The van der Waals surface area contributed by atoms with E-state index in [9.17, 15) is 27.6 Å². The Morgan fingerprint density at radius 2 is 1.88 bits per heavy atom. The van der Waals surface area contributed by atoms with Crippen LogP contribution in [0.3, 0.4) is 0 Å². The van der Waals surface area contributed by atoms with Crippen molar-refractivity contribution in [1.82, 2.24) is 4.90 Å². The highest BCUT2D eigenvalue weighted by Gasteiger charge is 2.31. The number of alkyl halides is 3. The Kier molecular flexibility index (Phi) is 10.9. The maximum Gasteiger partial charge on any atom is 0.416 e. The number of esters is 1. The number of nitrogens with zero attached hydrogens (tertiary/aromatic N) is 1. The van der Waals surface area contributed by atoms with Gasteiger partial charge in [0.05, 0.1) is 12.2 Å². The number of hydrogen-bond acceptors (Lipinski definition) is 4. The zero-order valence-corrected chi connectivity index (χ0v) is 19.3. The fourth-order valence-corrected chi connectivity index (χ4v) is 4.09. The summed E-state index contributed by atoms with van der Waals surface area (Å²) >= 11 is 0. The van der Waals surface area contributed by atoms with Crippen LogP contribution < -0.4 is 0 Å². The molecule has 1 fully saturated rings. The smallest absolute Gasteiger partial charge is 0.416 e. The van der Waals surface area contributed by atoms with Crippen LogP contribution in [0.5, 0.6) is 0 Å². The zero-order valence-electron chi connectivity index (χ0n) is 19.3. The molecule has 0 bridgehead atoms. The topological polar surface area (TPSA) is 63.7 Å². The molecule has 1 aromatic carbocycles. The number of rotatable bonds is 14. The van der Waals surface area contributed by atoms with E-state index in [0.717, 1.165) is 44.2 Å². The lowest BCUT2D eigenvalue weighted by Crippen LogP contribution is -2.34. The van der Waals surface area contributed by atoms with Gasteiger partial charge in [-0.2, -0.15) is 13.2 Å². The van der Waals surface area contributed by atoms with Crippen molar-refractivity contribution in [2.75, 3.05) is 13.2 Å². The Bertz CT molecular complexity index is 794. The van der Waals surface area contributed by atoms with Crippen LogP contribution >= 0.6 is 0 Å². The van der Waals surface area contributed by atoms with Gasteiger partial charge >= 0.3 is 12.1 Å². The molecule has 1 aromatic rings. The number of ketones is 1. The first-order chi connectivity index (χ1) is 15.7. The number of ether oxygens (including phenoxy) is 1. The van der Waals surface area contributed by atoms with Crippen LogP contribution in [0.25, 0.3) is 0 Å². The quantitative estimate of drug-likeness (QED) is 0.267. The largest absolute Gasteiger partial charge is 0.466 e. The molecule has 184 valence electrons. The Balaban J connectivity index is 1.69. The predicted molar refractivity (Wildman–Crippen MR) is 118 cm³/mol. The van der Waals surface area contributed by atoms with Gasteiger partial charge in [0.2, 0.25) is 5.91 Å². The molecule has 1 unspecified atom stereocenters. The molecule has 1 aliphatic heterocycles. The van der Waals surface area contributed by atoms with Crippen LogP contribution in [0.4, 0.5) is 13.2 Å². The van der Waals surface area contributed by atoms with Crippen LogP contribution in [0.15, 0.2) is 24.3 Å². The van der Waals surface area contributed by atoms with Crippen molar-refractivity contribution in [2.24, 2.45) is 0 Å². The molecule has 1 atom stereocenters. The van der Waals surface area contributed by atoms with Gasteiger partial charge in [-0.3, -0.25) is 14.4 Å². The molecule has 1 heterocycles. The molecule has 0 N–H and O–H groups in total. The fourth-order valence-electron chi connectivity index (χ4n) is 4.09. The van der Waals surface area contributed by atoms with E-state index in [0.29, 0.717) is 44.4 Å². The second kappa shape index (κ2) is 13.4. The standard InChI is InChI=1S/C25H34F3NO4/c1-2-16-33-24(32)10-5-3-4-6-15-29-21(12-14-23(29)31)11-13-22(30)18-19-8-7-9-20(17-19)25(26,27)28/h7-9,17,21H,2-6,10-16,18H2,1H3. The lowest BCUT2D eigenvalue weighted by Gasteiger charge is -2.24. The second-order valence-corrected chi connectivity index (χ2v) is 8.62. The van der Waals surface area contributed by atoms with Crippen LogP contribution in [0.1, 0.15) is 82.3 Å². The van der Waals surface area contributed by atoms with Crippen LogP contribution in [0, 0.1) is 0 Å². The summed E-state index contributed by atoms with van der Waals surface area (Å²) in [5.41, 5.74) is -0.397. The number of carbonyl (C=O) groups excluding carboxylic acids is 3. The number of hydrogen-bond donors (Lipinski definition) is 0. The van der Waals surface area contributed by atoms with Gasteiger partial charge in [-0.1, -0.05) is 38.0 Å². The number of Topliss-reactive ketones (excluding diaryl/α,β-unsaturated/α-hetero) is 1. The van der Waals surface area contributed by atoms with Crippen molar-refractivity contribution in [3.05, 3.63) is 35.4 Å². The molecule has 2 rings (SSSR count). The molecule has 0 spiro atoms. The summed E-state index contributed by atoms with van der Waals surface area (Å²) in [7, 11) is 0. The van der Waals surface area contributed by atoms with E-state index in [1.165, 1.54) is 12.1 Å². The number of unbranched alkanes of at least 4 members (excludes halogenated alkanes) is 3. The molecular formula is C25H34F3NO4. The average Bonchev–Trinajstić information content (AvgIpc) is 3.12. The first kappa shape index (κ1) is 26.9. The first-order valence-corrected chi connectivity index (χ1v) is 11.8. The van der Waals surface area contributed by atoms with E-state index < -0.39 is 11.7 Å². The van der Waals surface area contributed by atoms with Gasteiger partial charge in [0.25, 0.3) is 0 Å². The molecule has 1 saturated heterocycles. The Morgan fingerprint density at radius 1 is 1.12 bits per heavy atom. The molecule has 5 nitrogen and oxygen atoms in total. The third-order valence-corrected chi connectivity index (χ3v) is 5.86. The maximum atomic E-state index is 12.8. The van der Waals surface area contributed by atoms with Crippen molar-refractivity contribution in [3.8, 4) is 0 Å². The summed E-state index contributed by atoms with van der Waals surface area (Å²) in [5, 5.41) is 0. The summed E-state index contributed by atoms with van der Waals surface area (Å²) in [6.45, 7) is 3.04. The van der Waals surface area contributed by atoms with E-state index in [-0.39, 0.29) is 36.5 Å². The van der Waals surface area contributed by atoms with E-state index in [2.05, 4.69) is 0 Å². The molecule has 0 aliphatic carbocycles. The Morgan fingerprint density at radius 3 is 2.61 bits per heavy atom. The molecule has 0 aromatic heterocycles. The van der Waals surface area contributed by atoms with Crippen LogP contribution in [-0.4, -0.2) is 41.8 Å². The molecule has 1 aliphatic rings. The molecule has 1 amide bonds. The van der Waals surface area contributed by atoms with Crippen molar-refractivity contribution < 1.29 is 32.3 Å². The van der Waals surface area contributed by atoms with Crippen molar-refractivity contribution in [1.29, 1.82) is 0 Å². The maximum absolute atomic E-state index is 12.8. The third kappa shape index (κ3) is 9.56. The molecular weight excluding hydrogens is 435 g/mol. The summed E-state index contributed by atoms with van der Waals surface area (Å²) < 4.78 is 43.6. The van der Waals surface area contributed by atoms with Crippen molar-refractivity contribution in [3.63, 3.8) is 0 Å². The average molecular weight is 470 g/mol. The minimum absolute atomic E-state index is 0.00646. The summed E-state index contributed by atoms with van der Waals surface area (Å²) in [4.78, 5) is 37.9. The minimum Gasteiger partial charge on any atom is -0.466 e. The van der Waals surface area contributed by atoms with Crippen LogP contribution in [-0.2, 0) is 31.7 Å². The molecule has 33 heavy (non-hydrogen) atoms. The Hall–Kier alpha value is -2.38. The number of likely N-dealkylation sites (tertiary alicyclic amines) is 1. The third-order valence-electron chi connectivity index (χ3n) is 5.86. The molecule has 0 saturated carbocycles. The molecule has 8 heteroatoms. The lowest BCUT2D eigenvalue weighted by atomic mass is 10.0. The number of amides is 1. The van der Waals surface area contributed by atoms with Crippen LogP contribution in [0.2, 0.25) is 0 Å².